The van der Waals surface area contributed by atoms with Crippen molar-refractivity contribution in [1.29, 1.82) is 0 Å². The largest absolute Gasteiger partial charge is 0.497 e. The summed E-state index contributed by atoms with van der Waals surface area (Å²) in [6.45, 7) is 0.724. The van der Waals surface area contributed by atoms with Gasteiger partial charge in [-0.3, -0.25) is 0 Å². The van der Waals surface area contributed by atoms with Gasteiger partial charge in [0.25, 0.3) is 0 Å². The molecule has 0 spiro atoms. The Hall–Kier alpha value is -1.22. The number of ether oxygens (including phenoxy) is 2. The van der Waals surface area contributed by atoms with Gasteiger partial charge in [0.05, 0.1) is 14.2 Å². The van der Waals surface area contributed by atoms with Crippen molar-refractivity contribution in [2.24, 2.45) is 11.7 Å². The highest BCUT2D eigenvalue weighted by molar-refractivity contribution is 5.43. The van der Waals surface area contributed by atoms with Crippen LogP contribution in [0.25, 0.3) is 0 Å². The van der Waals surface area contributed by atoms with Crippen molar-refractivity contribution in [3.05, 3.63) is 23.8 Å². The molecule has 0 radical (unpaired) electrons. The van der Waals surface area contributed by atoms with E-state index in [0.29, 0.717) is 5.92 Å². The van der Waals surface area contributed by atoms with Crippen LogP contribution in [0, 0.1) is 5.92 Å². The Balaban J connectivity index is 2.31. The molecule has 2 rings (SSSR count). The molecule has 1 aromatic rings. The molecule has 0 heterocycles. The smallest absolute Gasteiger partial charge is 0.122 e. The molecule has 0 amide bonds. The van der Waals surface area contributed by atoms with E-state index < -0.39 is 0 Å². The van der Waals surface area contributed by atoms with Crippen LogP contribution in [0.1, 0.15) is 30.7 Å². The molecule has 0 saturated heterocycles. The summed E-state index contributed by atoms with van der Waals surface area (Å²) in [7, 11) is 3.42. The van der Waals surface area contributed by atoms with E-state index in [1.807, 2.05) is 12.1 Å². The van der Waals surface area contributed by atoms with Crippen molar-refractivity contribution in [3.8, 4) is 11.5 Å². The van der Waals surface area contributed by atoms with Crippen molar-refractivity contribution in [1.82, 2.24) is 0 Å². The predicted molar refractivity (Wildman–Crippen MR) is 68.7 cm³/mol. The van der Waals surface area contributed by atoms with E-state index in [-0.39, 0.29) is 0 Å². The Morgan fingerprint density at radius 2 is 2.06 bits per heavy atom. The maximum atomic E-state index is 5.72. The zero-order valence-electron chi connectivity index (χ0n) is 10.6. The minimum absolute atomic E-state index is 0.519. The van der Waals surface area contributed by atoms with E-state index in [9.17, 15) is 0 Å². The van der Waals surface area contributed by atoms with Crippen LogP contribution in [0.3, 0.4) is 0 Å². The summed E-state index contributed by atoms with van der Waals surface area (Å²) in [5, 5.41) is 0. The summed E-state index contributed by atoms with van der Waals surface area (Å²) in [5.74, 6) is 3.14. The lowest BCUT2D eigenvalue weighted by Crippen LogP contribution is -2.10. The summed E-state index contributed by atoms with van der Waals surface area (Å²) >= 11 is 0. The summed E-state index contributed by atoms with van der Waals surface area (Å²) in [6.07, 6.45) is 3.64. The van der Waals surface area contributed by atoms with Crippen molar-refractivity contribution in [2.45, 2.75) is 25.2 Å². The van der Waals surface area contributed by atoms with Gasteiger partial charge in [0, 0.05) is 5.56 Å². The molecule has 1 unspecified atom stereocenters. The van der Waals surface area contributed by atoms with Gasteiger partial charge in [-0.15, -0.1) is 0 Å². The maximum Gasteiger partial charge on any atom is 0.122 e. The SMILES string of the molecule is COc1ccc(OC)c(C(CCN)C2CC2)c1. The van der Waals surface area contributed by atoms with Crippen LogP contribution in [0.2, 0.25) is 0 Å². The van der Waals surface area contributed by atoms with Gasteiger partial charge >= 0.3 is 0 Å². The molecule has 1 aromatic carbocycles. The van der Waals surface area contributed by atoms with Crippen LogP contribution in [0.4, 0.5) is 0 Å². The van der Waals surface area contributed by atoms with Crippen LogP contribution in [0.15, 0.2) is 18.2 Å². The standard InChI is InChI=1S/C14H21NO2/c1-16-11-5-6-14(17-2)13(9-11)12(7-8-15)10-3-4-10/h5-6,9-10,12H,3-4,7-8,15H2,1-2H3. The van der Waals surface area contributed by atoms with Gasteiger partial charge in [0.1, 0.15) is 11.5 Å². The number of nitrogens with two attached hydrogens (primary N) is 1. The first-order chi connectivity index (χ1) is 8.30. The number of benzene rings is 1. The quantitative estimate of drug-likeness (QED) is 0.824. The lowest BCUT2D eigenvalue weighted by Gasteiger charge is -2.19. The average Bonchev–Trinajstić information content (AvgIpc) is 3.19. The maximum absolute atomic E-state index is 5.72. The van der Waals surface area contributed by atoms with Crippen molar-refractivity contribution < 1.29 is 9.47 Å². The Bertz CT molecular complexity index is 374. The van der Waals surface area contributed by atoms with Crippen LogP contribution in [-0.4, -0.2) is 20.8 Å². The Labute approximate surface area is 103 Å². The Morgan fingerprint density at radius 1 is 1.29 bits per heavy atom. The van der Waals surface area contributed by atoms with Crippen LogP contribution >= 0.6 is 0 Å². The molecular formula is C14H21NO2. The van der Waals surface area contributed by atoms with Crippen LogP contribution in [-0.2, 0) is 0 Å². The zero-order valence-corrected chi connectivity index (χ0v) is 10.6. The van der Waals surface area contributed by atoms with E-state index in [1.54, 1.807) is 14.2 Å². The molecule has 0 aliphatic heterocycles. The fourth-order valence-electron chi connectivity index (χ4n) is 2.45. The molecule has 17 heavy (non-hydrogen) atoms. The van der Waals surface area contributed by atoms with E-state index in [4.69, 9.17) is 15.2 Å². The lowest BCUT2D eigenvalue weighted by molar-refractivity contribution is 0.390. The predicted octanol–water partition coefficient (Wildman–Crippen LogP) is 2.55. The van der Waals surface area contributed by atoms with Gasteiger partial charge in [-0.2, -0.15) is 0 Å². The van der Waals surface area contributed by atoms with E-state index >= 15 is 0 Å². The second kappa shape index (κ2) is 5.41. The topological polar surface area (TPSA) is 44.5 Å². The Kier molecular flexibility index (Phi) is 3.89. The molecule has 3 nitrogen and oxygen atoms in total. The molecule has 0 bridgehead atoms. The van der Waals surface area contributed by atoms with Gasteiger partial charge in [-0.25, -0.2) is 0 Å². The van der Waals surface area contributed by atoms with Crippen molar-refractivity contribution in [2.75, 3.05) is 20.8 Å². The molecule has 94 valence electrons. The lowest BCUT2D eigenvalue weighted by atomic mass is 9.90. The van der Waals surface area contributed by atoms with Crippen molar-refractivity contribution >= 4 is 0 Å². The number of rotatable bonds is 6. The molecule has 1 atom stereocenters. The summed E-state index contributed by atoms with van der Waals surface area (Å²) < 4.78 is 10.7. The fraction of sp³-hybridized carbons (Fsp3) is 0.571. The summed E-state index contributed by atoms with van der Waals surface area (Å²) in [6, 6.07) is 6.02. The second-order valence-corrected chi connectivity index (χ2v) is 4.63. The fourth-order valence-corrected chi connectivity index (χ4v) is 2.45. The molecule has 0 aromatic heterocycles. The highest BCUT2D eigenvalue weighted by Crippen LogP contribution is 2.47. The zero-order chi connectivity index (χ0) is 12.3. The highest BCUT2D eigenvalue weighted by atomic mass is 16.5. The minimum atomic E-state index is 0.519. The monoisotopic (exact) mass is 235 g/mol. The number of hydrogen-bond donors (Lipinski definition) is 1. The van der Waals surface area contributed by atoms with Gasteiger partial charge in [-0.05, 0) is 55.8 Å². The van der Waals surface area contributed by atoms with E-state index in [2.05, 4.69) is 6.07 Å². The normalized spacial score (nSPS) is 16.6. The van der Waals surface area contributed by atoms with E-state index in [1.165, 1.54) is 18.4 Å². The molecule has 1 aliphatic rings. The van der Waals surface area contributed by atoms with Gasteiger partial charge in [0.15, 0.2) is 0 Å². The summed E-state index contributed by atoms with van der Waals surface area (Å²) in [4.78, 5) is 0. The minimum Gasteiger partial charge on any atom is -0.497 e. The summed E-state index contributed by atoms with van der Waals surface area (Å²) in [5.41, 5.74) is 6.97. The van der Waals surface area contributed by atoms with Crippen LogP contribution in [0.5, 0.6) is 11.5 Å². The van der Waals surface area contributed by atoms with E-state index in [0.717, 1.165) is 30.4 Å². The van der Waals surface area contributed by atoms with Crippen molar-refractivity contribution in [3.63, 3.8) is 0 Å². The molecule has 1 fully saturated rings. The first-order valence-electron chi connectivity index (χ1n) is 6.22. The molecule has 2 N–H and O–H groups in total. The second-order valence-electron chi connectivity index (χ2n) is 4.63. The number of hydrogen-bond acceptors (Lipinski definition) is 3. The molecule has 3 heteroatoms. The van der Waals surface area contributed by atoms with Gasteiger partial charge in [0.2, 0.25) is 0 Å². The third kappa shape index (κ3) is 2.72. The molecule has 1 aliphatic carbocycles. The van der Waals surface area contributed by atoms with Gasteiger partial charge in [-0.1, -0.05) is 0 Å². The Morgan fingerprint density at radius 3 is 2.59 bits per heavy atom. The third-order valence-electron chi connectivity index (χ3n) is 3.51. The number of methoxy groups -OCH3 is 2. The third-order valence-corrected chi connectivity index (χ3v) is 3.51. The highest BCUT2D eigenvalue weighted by Gasteiger charge is 2.33. The van der Waals surface area contributed by atoms with Crippen LogP contribution < -0.4 is 15.2 Å². The first kappa shape index (κ1) is 12.2. The molecule has 1 saturated carbocycles. The first-order valence-corrected chi connectivity index (χ1v) is 6.22. The molecular weight excluding hydrogens is 214 g/mol. The average molecular weight is 235 g/mol. The van der Waals surface area contributed by atoms with Gasteiger partial charge < -0.3 is 15.2 Å².